The molecule has 8 nitrogen and oxygen atoms in total. The molecule has 0 aliphatic rings. The smallest absolute Gasteiger partial charge is 0.408 e. The number of carbonyl (C=O) groups excluding carboxylic acids is 2. The number of hydrogen-bond donors (Lipinski definition) is 4. The molecule has 0 aliphatic heterocycles. The molecule has 1 rings (SSSR count). The van der Waals surface area contributed by atoms with Gasteiger partial charge in [0, 0.05) is 11.5 Å². The van der Waals surface area contributed by atoms with Crippen LogP contribution in [0.25, 0.3) is 0 Å². The predicted octanol–water partition coefficient (Wildman–Crippen LogP) is 3.17. The van der Waals surface area contributed by atoms with Gasteiger partial charge in [-0.3, -0.25) is 14.5 Å². The quantitative estimate of drug-likeness (QED) is 0.378. The van der Waals surface area contributed by atoms with E-state index in [9.17, 15) is 24.6 Å². The Morgan fingerprint density at radius 1 is 1.12 bits per heavy atom. The monoisotopic (exact) mass is 463 g/mol. The van der Waals surface area contributed by atoms with Gasteiger partial charge in [0.15, 0.2) is 0 Å². The number of nitrogens with two attached hydrogens (primary N) is 1. The number of hydrogen-bond acceptors (Lipinski definition) is 4. The second-order valence-corrected chi connectivity index (χ2v) is 10.0. The highest BCUT2D eigenvalue weighted by Crippen LogP contribution is 2.27. The minimum atomic E-state index is -1.13. The molecule has 1 aromatic carbocycles. The molecule has 1 aromatic rings. The molecule has 33 heavy (non-hydrogen) atoms. The zero-order valence-corrected chi connectivity index (χ0v) is 20.7. The van der Waals surface area contributed by atoms with Crippen LogP contribution < -0.4 is 11.1 Å². The van der Waals surface area contributed by atoms with E-state index in [-0.39, 0.29) is 18.2 Å². The molecule has 0 unspecified atom stereocenters. The third kappa shape index (κ3) is 8.68. The van der Waals surface area contributed by atoms with E-state index in [4.69, 9.17) is 5.73 Å². The summed E-state index contributed by atoms with van der Waals surface area (Å²) in [5.41, 5.74) is 5.57. The van der Waals surface area contributed by atoms with Gasteiger partial charge in [-0.05, 0) is 51.5 Å². The molecule has 3 amide bonds. The zero-order valence-electron chi connectivity index (χ0n) is 20.7. The Balaban J connectivity index is 3.21. The van der Waals surface area contributed by atoms with E-state index >= 15 is 0 Å². The molecule has 0 saturated heterocycles. The number of benzene rings is 1. The summed E-state index contributed by atoms with van der Waals surface area (Å²) in [7, 11) is 0. The summed E-state index contributed by atoms with van der Waals surface area (Å²) in [6.07, 6.45) is -0.657. The van der Waals surface area contributed by atoms with E-state index < -0.39 is 41.6 Å². The highest BCUT2D eigenvalue weighted by atomic mass is 16.4. The molecule has 0 radical (unpaired) electrons. The van der Waals surface area contributed by atoms with E-state index in [1.54, 1.807) is 34.6 Å². The first kappa shape index (κ1) is 28.4. The molecule has 0 aromatic heterocycles. The lowest BCUT2D eigenvalue weighted by molar-refractivity contribution is -0.132. The maximum absolute atomic E-state index is 13.0. The first-order valence-electron chi connectivity index (χ1n) is 11.6. The molecule has 0 heterocycles. The summed E-state index contributed by atoms with van der Waals surface area (Å²) in [5, 5.41) is 24.0. The van der Waals surface area contributed by atoms with Gasteiger partial charge in [-0.15, -0.1) is 0 Å². The van der Waals surface area contributed by atoms with Crippen LogP contribution in [-0.2, 0) is 16.0 Å². The molecular weight excluding hydrogens is 422 g/mol. The molecule has 4 atom stereocenters. The Hall–Kier alpha value is -2.61. The summed E-state index contributed by atoms with van der Waals surface area (Å²) >= 11 is 0. The van der Waals surface area contributed by atoms with Crippen LogP contribution in [0.4, 0.5) is 4.79 Å². The average molecular weight is 464 g/mol. The number of rotatable bonds is 12. The van der Waals surface area contributed by atoms with E-state index in [1.165, 1.54) is 4.90 Å². The van der Waals surface area contributed by atoms with Crippen molar-refractivity contribution in [1.82, 2.24) is 10.2 Å². The molecule has 0 spiro atoms. The van der Waals surface area contributed by atoms with Crippen molar-refractivity contribution in [3.8, 4) is 0 Å². The number of aliphatic hydroxyl groups is 1. The van der Waals surface area contributed by atoms with Crippen LogP contribution in [0.5, 0.6) is 0 Å². The third-order valence-electron chi connectivity index (χ3n) is 5.80. The van der Waals surface area contributed by atoms with Crippen molar-refractivity contribution in [2.45, 2.75) is 91.0 Å². The van der Waals surface area contributed by atoms with Crippen molar-refractivity contribution >= 4 is 17.9 Å². The fraction of sp³-hybridized carbons (Fsp3) is 0.640. The summed E-state index contributed by atoms with van der Waals surface area (Å²) in [6, 6.07) is 7.82. The second-order valence-electron chi connectivity index (χ2n) is 10.0. The lowest BCUT2D eigenvalue weighted by Gasteiger charge is -2.42. The topological polar surface area (TPSA) is 133 Å². The number of aliphatic hydroxyl groups excluding tert-OH is 1. The van der Waals surface area contributed by atoms with Gasteiger partial charge < -0.3 is 21.3 Å². The van der Waals surface area contributed by atoms with Gasteiger partial charge in [-0.1, -0.05) is 57.5 Å². The van der Waals surface area contributed by atoms with Crippen LogP contribution in [0.1, 0.15) is 66.4 Å². The molecular formula is C25H41N3O5. The summed E-state index contributed by atoms with van der Waals surface area (Å²) in [5.74, 6) is -1.72. The van der Waals surface area contributed by atoms with E-state index in [2.05, 4.69) is 5.32 Å². The molecule has 5 N–H and O–H groups in total. The van der Waals surface area contributed by atoms with E-state index in [1.807, 2.05) is 37.3 Å². The summed E-state index contributed by atoms with van der Waals surface area (Å²) in [6.45, 7) is 10.9. The SMILES string of the molecule is CCC[C@H](C[C@H](O)[C@H](Cc1ccccc1)N(C(=O)O)C(C)(C)C)C(=O)N[C@H](C(N)=O)C(C)C. The van der Waals surface area contributed by atoms with Gasteiger partial charge in [-0.25, -0.2) is 4.79 Å². The number of nitrogens with one attached hydrogen (secondary N) is 1. The lowest BCUT2D eigenvalue weighted by Crippen LogP contribution is -2.57. The van der Waals surface area contributed by atoms with E-state index in [0.29, 0.717) is 19.3 Å². The van der Waals surface area contributed by atoms with Crippen LogP contribution in [0, 0.1) is 11.8 Å². The number of primary amides is 1. The minimum Gasteiger partial charge on any atom is -0.465 e. The Bertz CT molecular complexity index is 776. The Morgan fingerprint density at radius 2 is 1.70 bits per heavy atom. The Kier molecular flexibility index (Phi) is 10.8. The van der Waals surface area contributed by atoms with E-state index in [0.717, 1.165) is 5.56 Å². The van der Waals surface area contributed by atoms with Crippen molar-refractivity contribution < 1.29 is 24.6 Å². The van der Waals surface area contributed by atoms with Gasteiger partial charge in [0.1, 0.15) is 6.04 Å². The highest BCUT2D eigenvalue weighted by molar-refractivity contribution is 5.87. The van der Waals surface area contributed by atoms with Crippen LogP contribution in [-0.4, -0.2) is 56.7 Å². The van der Waals surface area contributed by atoms with Crippen LogP contribution >= 0.6 is 0 Å². The van der Waals surface area contributed by atoms with Gasteiger partial charge >= 0.3 is 6.09 Å². The van der Waals surface area contributed by atoms with Crippen molar-refractivity contribution in [3.05, 3.63) is 35.9 Å². The van der Waals surface area contributed by atoms with Crippen molar-refractivity contribution in [1.29, 1.82) is 0 Å². The Labute approximate surface area is 197 Å². The molecule has 0 aliphatic carbocycles. The van der Waals surface area contributed by atoms with Crippen LogP contribution in [0.3, 0.4) is 0 Å². The van der Waals surface area contributed by atoms with Crippen molar-refractivity contribution in [2.75, 3.05) is 0 Å². The fourth-order valence-corrected chi connectivity index (χ4v) is 4.17. The molecule has 8 heteroatoms. The van der Waals surface area contributed by atoms with Gasteiger partial charge in [0.05, 0.1) is 12.1 Å². The molecule has 0 bridgehead atoms. The second kappa shape index (κ2) is 12.6. The lowest BCUT2D eigenvalue weighted by atomic mass is 9.87. The zero-order chi connectivity index (χ0) is 25.3. The van der Waals surface area contributed by atoms with Crippen molar-refractivity contribution in [3.63, 3.8) is 0 Å². The number of nitrogens with zero attached hydrogens (tertiary/aromatic N) is 1. The normalized spacial score (nSPS) is 15.4. The maximum atomic E-state index is 13.0. The third-order valence-corrected chi connectivity index (χ3v) is 5.80. The largest absolute Gasteiger partial charge is 0.465 e. The van der Waals surface area contributed by atoms with Gasteiger partial charge in [-0.2, -0.15) is 0 Å². The predicted molar refractivity (Wildman–Crippen MR) is 129 cm³/mol. The van der Waals surface area contributed by atoms with Crippen LogP contribution in [0.15, 0.2) is 30.3 Å². The first-order valence-corrected chi connectivity index (χ1v) is 11.6. The van der Waals surface area contributed by atoms with Crippen LogP contribution in [0.2, 0.25) is 0 Å². The van der Waals surface area contributed by atoms with Gasteiger partial charge in [0.25, 0.3) is 0 Å². The van der Waals surface area contributed by atoms with Crippen molar-refractivity contribution in [2.24, 2.45) is 17.6 Å². The average Bonchev–Trinajstić information content (AvgIpc) is 2.69. The number of amides is 3. The first-order chi connectivity index (χ1) is 15.3. The van der Waals surface area contributed by atoms with Gasteiger partial charge in [0.2, 0.25) is 11.8 Å². The summed E-state index contributed by atoms with van der Waals surface area (Å²) < 4.78 is 0. The summed E-state index contributed by atoms with van der Waals surface area (Å²) in [4.78, 5) is 38.2. The molecule has 186 valence electrons. The standard InChI is InChI=1S/C25H41N3O5/c1-7-11-18(23(31)27-21(16(2)3)22(26)30)15-20(29)19(14-17-12-9-8-10-13-17)28(24(32)33)25(4,5)6/h8-10,12-13,16,18-21,29H,7,11,14-15H2,1-6H3,(H2,26,30)(H,27,31)(H,32,33)/t18-,19+,20+,21+/m1/s1. The highest BCUT2D eigenvalue weighted by Gasteiger charge is 2.39. The fourth-order valence-electron chi connectivity index (χ4n) is 4.17. The molecule has 0 saturated carbocycles. The molecule has 0 fully saturated rings. The minimum absolute atomic E-state index is 0.0701. The maximum Gasteiger partial charge on any atom is 0.408 e. The number of carboxylic acid groups (broad SMARTS) is 1. The Morgan fingerprint density at radius 3 is 2.12 bits per heavy atom. The number of carbonyl (C=O) groups is 3.